The fraction of sp³-hybridized carbons (Fsp3) is 0.333. The van der Waals surface area contributed by atoms with E-state index in [1.807, 2.05) is 41.3 Å². The Labute approximate surface area is 153 Å². The van der Waals surface area contributed by atoms with Crippen molar-refractivity contribution in [3.63, 3.8) is 0 Å². The Morgan fingerprint density at radius 1 is 1.08 bits per heavy atom. The van der Waals surface area contributed by atoms with Crippen LogP contribution in [0, 0.1) is 5.92 Å². The van der Waals surface area contributed by atoms with Crippen molar-refractivity contribution in [2.75, 3.05) is 6.54 Å². The maximum absolute atomic E-state index is 13.2. The van der Waals surface area contributed by atoms with Crippen LogP contribution in [0.2, 0.25) is 0 Å². The second-order valence-corrected chi connectivity index (χ2v) is 7.07. The number of carbonyl (C=O) groups excluding carboxylic acids is 2. The highest BCUT2D eigenvalue weighted by Crippen LogP contribution is 2.29. The van der Waals surface area contributed by atoms with E-state index in [-0.39, 0.29) is 17.7 Å². The van der Waals surface area contributed by atoms with Gasteiger partial charge >= 0.3 is 0 Å². The number of hydrogen-bond donors (Lipinski definition) is 2. The molecule has 1 heterocycles. The zero-order valence-electron chi connectivity index (χ0n) is 15.1. The summed E-state index contributed by atoms with van der Waals surface area (Å²) in [5, 5.41) is 8.78. The summed E-state index contributed by atoms with van der Waals surface area (Å²) in [6, 6.07) is 15.3. The molecule has 2 N–H and O–H groups in total. The van der Waals surface area contributed by atoms with Crippen LogP contribution < -0.4 is 5.48 Å². The van der Waals surface area contributed by atoms with Crippen molar-refractivity contribution in [3.05, 3.63) is 70.8 Å². The number of hydroxylamine groups is 1. The molecule has 0 bridgehead atoms. The first-order valence-corrected chi connectivity index (χ1v) is 8.91. The summed E-state index contributed by atoms with van der Waals surface area (Å²) in [6.45, 7) is 5.33. The summed E-state index contributed by atoms with van der Waals surface area (Å²) >= 11 is 0. The smallest absolute Gasteiger partial charge is 0.274 e. The van der Waals surface area contributed by atoms with Gasteiger partial charge in [0.2, 0.25) is 5.91 Å². The van der Waals surface area contributed by atoms with Crippen LogP contribution >= 0.6 is 0 Å². The van der Waals surface area contributed by atoms with E-state index in [4.69, 9.17) is 5.21 Å². The molecule has 1 aliphatic heterocycles. The number of rotatable bonds is 4. The molecule has 5 heteroatoms. The van der Waals surface area contributed by atoms with Crippen LogP contribution in [0.3, 0.4) is 0 Å². The summed E-state index contributed by atoms with van der Waals surface area (Å²) in [6.07, 6.45) is 0.702. The summed E-state index contributed by atoms with van der Waals surface area (Å²) in [7, 11) is 0. The van der Waals surface area contributed by atoms with Gasteiger partial charge in [-0.05, 0) is 41.2 Å². The van der Waals surface area contributed by atoms with Gasteiger partial charge < -0.3 is 4.90 Å². The molecule has 2 aromatic carbocycles. The molecule has 3 rings (SSSR count). The Morgan fingerprint density at radius 2 is 1.81 bits per heavy atom. The highest BCUT2D eigenvalue weighted by atomic mass is 16.5. The van der Waals surface area contributed by atoms with Crippen LogP contribution in [0.4, 0.5) is 0 Å². The number of nitrogens with one attached hydrogen (secondary N) is 1. The van der Waals surface area contributed by atoms with Gasteiger partial charge in [-0.1, -0.05) is 50.2 Å². The maximum atomic E-state index is 13.2. The Bertz CT molecular complexity index is 802. The van der Waals surface area contributed by atoms with Gasteiger partial charge in [0.15, 0.2) is 0 Å². The summed E-state index contributed by atoms with van der Waals surface area (Å²) < 4.78 is 0. The lowest BCUT2D eigenvalue weighted by molar-refractivity contribution is -0.134. The first kappa shape index (κ1) is 18.1. The average Bonchev–Trinajstić information content (AvgIpc) is 2.67. The fourth-order valence-electron chi connectivity index (χ4n) is 3.62. The second-order valence-electron chi connectivity index (χ2n) is 7.07. The first-order valence-electron chi connectivity index (χ1n) is 8.91. The van der Waals surface area contributed by atoms with Crippen molar-refractivity contribution in [1.82, 2.24) is 10.4 Å². The molecule has 1 aliphatic rings. The van der Waals surface area contributed by atoms with Crippen molar-refractivity contribution in [3.8, 4) is 0 Å². The van der Waals surface area contributed by atoms with E-state index in [0.717, 1.165) is 16.7 Å². The molecule has 1 atom stereocenters. The third-order valence-corrected chi connectivity index (χ3v) is 4.99. The third-order valence-electron chi connectivity index (χ3n) is 4.99. The Balaban J connectivity index is 1.81. The predicted octanol–water partition coefficient (Wildman–Crippen LogP) is 3.13. The minimum Gasteiger partial charge on any atom is -0.337 e. The van der Waals surface area contributed by atoms with Crippen LogP contribution in [0.1, 0.15) is 46.8 Å². The molecule has 0 spiro atoms. The Hall–Kier alpha value is -2.66. The maximum Gasteiger partial charge on any atom is 0.274 e. The van der Waals surface area contributed by atoms with Gasteiger partial charge in [0.25, 0.3) is 5.91 Å². The molecule has 0 fully saturated rings. The van der Waals surface area contributed by atoms with E-state index >= 15 is 0 Å². The molecule has 5 nitrogen and oxygen atoms in total. The molecule has 0 saturated heterocycles. The van der Waals surface area contributed by atoms with Crippen molar-refractivity contribution >= 4 is 11.8 Å². The van der Waals surface area contributed by atoms with E-state index in [2.05, 4.69) is 13.8 Å². The van der Waals surface area contributed by atoms with Gasteiger partial charge in [-0.3, -0.25) is 14.8 Å². The number of amides is 2. The average molecular weight is 352 g/mol. The monoisotopic (exact) mass is 352 g/mol. The molecule has 0 saturated carbocycles. The normalized spacial score (nSPS) is 14.7. The molecule has 0 radical (unpaired) electrons. The van der Waals surface area contributed by atoms with E-state index in [0.29, 0.717) is 25.1 Å². The van der Waals surface area contributed by atoms with Crippen LogP contribution in [-0.2, 0) is 17.8 Å². The molecular weight excluding hydrogens is 328 g/mol. The van der Waals surface area contributed by atoms with Gasteiger partial charge in [0, 0.05) is 18.7 Å². The lowest BCUT2D eigenvalue weighted by atomic mass is 9.86. The molecule has 2 aromatic rings. The van der Waals surface area contributed by atoms with E-state index in [1.165, 1.54) is 0 Å². The van der Waals surface area contributed by atoms with Gasteiger partial charge in [0.1, 0.15) is 0 Å². The first-order chi connectivity index (χ1) is 12.5. The topological polar surface area (TPSA) is 69.6 Å². The Morgan fingerprint density at radius 3 is 2.46 bits per heavy atom. The summed E-state index contributed by atoms with van der Waals surface area (Å²) in [4.78, 5) is 26.7. The standard InChI is InChI=1S/C21H24N2O3/c1-14(2)19(15-6-4-3-5-7-15)21(25)23-11-10-16-12-17(20(24)22-26)8-9-18(16)13-23/h3-9,12,14,19,26H,10-11,13H2,1-2H3,(H,22,24). The minimum atomic E-state index is -0.518. The molecule has 1 unspecified atom stereocenters. The summed E-state index contributed by atoms with van der Waals surface area (Å²) in [5.41, 5.74) is 5.24. The van der Waals surface area contributed by atoms with Gasteiger partial charge in [0.05, 0.1) is 5.92 Å². The molecular formula is C21H24N2O3. The van der Waals surface area contributed by atoms with E-state index < -0.39 is 5.91 Å². The molecule has 0 aromatic heterocycles. The Kier molecular flexibility index (Phi) is 5.38. The van der Waals surface area contributed by atoms with Crippen LogP contribution in [-0.4, -0.2) is 28.5 Å². The van der Waals surface area contributed by atoms with Crippen molar-refractivity contribution in [1.29, 1.82) is 0 Å². The SMILES string of the molecule is CC(C)C(C(=O)N1CCc2cc(C(=O)NO)ccc2C1)c1ccccc1. The van der Waals surface area contributed by atoms with Crippen LogP contribution in [0.25, 0.3) is 0 Å². The van der Waals surface area contributed by atoms with E-state index in [1.54, 1.807) is 17.6 Å². The van der Waals surface area contributed by atoms with Crippen molar-refractivity contribution < 1.29 is 14.8 Å². The van der Waals surface area contributed by atoms with Crippen LogP contribution in [0.5, 0.6) is 0 Å². The largest absolute Gasteiger partial charge is 0.337 e. The number of nitrogens with zero attached hydrogens (tertiary/aromatic N) is 1. The lowest BCUT2D eigenvalue weighted by Crippen LogP contribution is -2.40. The van der Waals surface area contributed by atoms with Crippen molar-refractivity contribution in [2.24, 2.45) is 5.92 Å². The molecule has 26 heavy (non-hydrogen) atoms. The highest BCUT2D eigenvalue weighted by molar-refractivity contribution is 5.93. The number of fused-ring (bicyclic) bond motifs is 1. The zero-order chi connectivity index (χ0) is 18.7. The van der Waals surface area contributed by atoms with E-state index in [9.17, 15) is 9.59 Å². The fourth-order valence-corrected chi connectivity index (χ4v) is 3.62. The molecule has 0 aliphatic carbocycles. The third kappa shape index (κ3) is 3.63. The number of benzene rings is 2. The zero-order valence-corrected chi connectivity index (χ0v) is 15.1. The quantitative estimate of drug-likeness (QED) is 0.656. The minimum absolute atomic E-state index is 0.147. The highest BCUT2D eigenvalue weighted by Gasteiger charge is 2.30. The number of carbonyl (C=O) groups is 2. The molecule has 2 amide bonds. The second kappa shape index (κ2) is 7.70. The van der Waals surface area contributed by atoms with Crippen molar-refractivity contribution in [2.45, 2.75) is 32.7 Å². The lowest BCUT2D eigenvalue weighted by Gasteiger charge is -2.33. The number of hydrogen-bond acceptors (Lipinski definition) is 3. The van der Waals surface area contributed by atoms with Gasteiger partial charge in [-0.25, -0.2) is 5.48 Å². The predicted molar refractivity (Wildman–Crippen MR) is 98.8 cm³/mol. The van der Waals surface area contributed by atoms with Gasteiger partial charge in [-0.2, -0.15) is 0 Å². The van der Waals surface area contributed by atoms with Crippen LogP contribution in [0.15, 0.2) is 48.5 Å². The van der Waals surface area contributed by atoms with Gasteiger partial charge in [-0.15, -0.1) is 0 Å². The molecule has 136 valence electrons. The summed E-state index contributed by atoms with van der Waals surface area (Å²) in [5.74, 6) is -0.316.